The Morgan fingerprint density at radius 3 is 2.24 bits per heavy atom. The second-order valence-electron chi connectivity index (χ2n) is 4.81. The number of hydrogen-bond donors (Lipinski definition) is 3. The fourth-order valence-corrected chi connectivity index (χ4v) is 2.12. The zero-order valence-corrected chi connectivity index (χ0v) is 11.5. The first-order chi connectivity index (χ1) is 10.1. The number of rotatable bonds is 5. The van der Waals surface area contributed by atoms with E-state index >= 15 is 0 Å². The lowest BCUT2D eigenvalue weighted by molar-refractivity contribution is -0.117. The van der Waals surface area contributed by atoms with Crippen molar-refractivity contribution in [3.63, 3.8) is 0 Å². The van der Waals surface area contributed by atoms with E-state index in [4.69, 9.17) is 5.73 Å². The highest BCUT2D eigenvalue weighted by Gasteiger charge is 2.08. The van der Waals surface area contributed by atoms with Gasteiger partial charge in [-0.15, -0.1) is 0 Å². The number of carbonyl (C=O) groups is 1. The number of amides is 1. The van der Waals surface area contributed by atoms with Gasteiger partial charge in [-0.2, -0.15) is 0 Å². The molecule has 0 aliphatic heterocycles. The van der Waals surface area contributed by atoms with E-state index in [1.54, 1.807) is 48.5 Å². The van der Waals surface area contributed by atoms with Crippen LogP contribution < -0.4 is 5.73 Å². The molecule has 0 saturated heterocycles. The van der Waals surface area contributed by atoms with Crippen molar-refractivity contribution in [3.8, 4) is 11.5 Å². The van der Waals surface area contributed by atoms with E-state index in [9.17, 15) is 15.0 Å². The molecule has 0 radical (unpaired) electrons. The topological polar surface area (TPSA) is 83.6 Å². The van der Waals surface area contributed by atoms with Crippen molar-refractivity contribution < 1.29 is 15.0 Å². The van der Waals surface area contributed by atoms with Crippen LogP contribution in [-0.4, -0.2) is 16.1 Å². The summed E-state index contributed by atoms with van der Waals surface area (Å²) in [5.41, 5.74) is 7.32. The Morgan fingerprint density at radius 1 is 1.00 bits per heavy atom. The first kappa shape index (κ1) is 14.7. The number of phenolic OH excluding ortho intramolecular Hbond substituents is 2. The van der Waals surface area contributed by atoms with Crippen molar-refractivity contribution in [1.29, 1.82) is 0 Å². The van der Waals surface area contributed by atoms with Crippen molar-refractivity contribution in [2.75, 3.05) is 0 Å². The third kappa shape index (κ3) is 4.11. The van der Waals surface area contributed by atoms with Crippen LogP contribution >= 0.6 is 0 Å². The maximum atomic E-state index is 11.2. The molecule has 4 N–H and O–H groups in total. The van der Waals surface area contributed by atoms with Crippen LogP contribution in [0.5, 0.6) is 11.5 Å². The summed E-state index contributed by atoms with van der Waals surface area (Å²) in [6, 6.07) is 13.8. The van der Waals surface area contributed by atoms with E-state index < -0.39 is 5.91 Å². The van der Waals surface area contributed by atoms with Crippen LogP contribution in [0.3, 0.4) is 0 Å². The maximum absolute atomic E-state index is 11.2. The van der Waals surface area contributed by atoms with Gasteiger partial charge in [0.05, 0.1) is 0 Å². The van der Waals surface area contributed by atoms with Crippen molar-refractivity contribution in [3.05, 3.63) is 65.2 Å². The van der Waals surface area contributed by atoms with Gasteiger partial charge in [-0.3, -0.25) is 4.79 Å². The van der Waals surface area contributed by atoms with Gasteiger partial charge in [0.15, 0.2) is 0 Å². The standard InChI is InChI=1S/C17H17NO3/c18-17(21)11-12(9-13-5-1-3-7-15(13)19)10-14-6-2-4-8-16(14)20/h1-9,19-20H,10-11H2,(H2,18,21). The van der Waals surface area contributed by atoms with Gasteiger partial charge >= 0.3 is 0 Å². The molecule has 2 rings (SSSR count). The summed E-state index contributed by atoms with van der Waals surface area (Å²) < 4.78 is 0. The number of nitrogens with two attached hydrogens (primary N) is 1. The molecule has 0 aromatic heterocycles. The van der Waals surface area contributed by atoms with Gasteiger partial charge < -0.3 is 15.9 Å². The Labute approximate surface area is 123 Å². The summed E-state index contributed by atoms with van der Waals surface area (Å²) in [6.45, 7) is 0. The fraction of sp³-hybridized carbons (Fsp3) is 0.118. The molecule has 4 nitrogen and oxygen atoms in total. The Hall–Kier alpha value is -2.75. The van der Waals surface area contributed by atoms with Crippen LogP contribution in [0, 0.1) is 0 Å². The monoisotopic (exact) mass is 283 g/mol. The Bertz CT molecular complexity index is 677. The number of para-hydroxylation sites is 2. The SMILES string of the molecule is NC(=O)CC(=Cc1ccccc1O)Cc1ccccc1O. The quantitative estimate of drug-likeness (QED) is 0.788. The molecule has 1 amide bonds. The minimum Gasteiger partial charge on any atom is -0.508 e. The average Bonchev–Trinajstić information content (AvgIpc) is 2.43. The molecule has 2 aromatic rings. The van der Waals surface area contributed by atoms with Gasteiger partial charge in [-0.05, 0) is 24.1 Å². The molecule has 108 valence electrons. The van der Waals surface area contributed by atoms with Crippen molar-refractivity contribution in [1.82, 2.24) is 0 Å². The van der Waals surface area contributed by atoms with Crippen LogP contribution in [0.15, 0.2) is 54.1 Å². The number of phenols is 2. The smallest absolute Gasteiger partial charge is 0.221 e. The normalized spacial score (nSPS) is 11.3. The van der Waals surface area contributed by atoms with Crippen LogP contribution in [0.25, 0.3) is 6.08 Å². The highest BCUT2D eigenvalue weighted by molar-refractivity contribution is 5.79. The minimum atomic E-state index is -0.452. The third-order valence-electron chi connectivity index (χ3n) is 3.11. The highest BCUT2D eigenvalue weighted by atomic mass is 16.3. The fourth-order valence-electron chi connectivity index (χ4n) is 2.12. The minimum absolute atomic E-state index is 0.0721. The molecule has 0 aliphatic carbocycles. The van der Waals surface area contributed by atoms with Gasteiger partial charge in [0.25, 0.3) is 0 Å². The lowest BCUT2D eigenvalue weighted by Crippen LogP contribution is -2.12. The maximum Gasteiger partial charge on any atom is 0.221 e. The molecular formula is C17H17NO3. The van der Waals surface area contributed by atoms with Gasteiger partial charge in [-0.1, -0.05) is 48.0 Å². The van der Waals surface area contributed by atoms with Gasteiger partial charge in [0, 0.05) is 12.0 Å². The molecule has 4 heteroatoms. The van der Waals surface area contributed by atoms with E-state index in [0.717, 1.165) is 5.57 Å². The molecule has 0 spiro atoms. The third-order valence-corrected chi connectivity index (χ3v) is 3.11. The average molecular weight is 283 g/mol. The van der Waals surface area contributed by atoms with E-state index in [0.29, 0.717) is 17.5 Å². The molecule has 0 saturated carbocycles. The predicted octanol–water partition coefficient (Wildman–Crippen LogP) is 2.60. The number of benzene rings is 2. The second kappa shape index (κ2) is 6.61. The summed E-state index contributed by atoms with van der Waals surface area (Å²) in [5.74, 6) is -0.144. The largest absolute Gasteiger partial charge is 0.508 e. The number of hydrogen-bond acceptors (Lipinski definition) is 3. The van der Waals surface area contributed by atoms with Gasteiger partial charge in [0.1, 0.15) is 11.5 Å². The first-order valence-electron chi connectivity index (χ1n) is 6.59. The summed E-state index contributed by atoms with van der Waals surface area (Å²) in [5, 5.41) is 19.6. The molecule has 0 unspecified atom stereocenters. The lowest BCUT2D eigenvalue weighted by atomic mass is 9.98. The van der Waals surface area contributed by atoms with Crippen molar-refractivity contribution in [2.45, 2.75) is 12.8 Å². The lowest BCUT2D eigenvalue weighted by Gasteiger charge is -2.09. The summed E-state index contributed by atoms with van der Waals surface area (Å²) in [6.07, 6.45) is 2.19. The van der Waals surface area contributed by atoms with Crippen molar-refractivity contribution >= 4 is 12.0 Å². The molecule has 2 aromatic carbocycles. The highest BCUT2D eigenvalue weighted by Crippen LogP contribution is 2.25. The molecule has 0 bridgehead atoms. The second-order valence-corrected chi connectivity index (χ2v) is 4.81. The predicted molar refractivity (Wildman–Crippen MR) is 81.7 cm³/mol. The Kier molecular flexibility index (Phi) is 4.61. The van der Waals surface area contributed by atoms with Crippen LogP contribution in [0.2, 0.25) is 0 Å². The van der Waals surface area contributed by atoms with Crippen LogP contribution in [-0.2, 0) is 11.2 Å². The molecule has 0 heterocycles. The van der Waals surface area contributed by atoms with Crippen molar-refractivity contribution in [2.24, 2.45) is 5.73 Å². The first-order valence-corrected chi connectivity index (χ1v) is 6.59. The van der Waals surface area contributed by atoms with E-state index in [2.05, 4.69) is 0 Å². The van der Waals surface area contributed by atoms with E-state index in [1.165, 1.54) is 0 Å². The molecular weight excluding hydrogens is 266 g/mol. The molecule has 0 fully saturated rings. The zero-order valence-electron chi connectivity index (χ0n) is 11.5. The van der Waals surface area contributed by atoms with Crippen LogP contribution in [0.1, 0.15) is 17.5 Å². The summed E-state index contributed by atoms with van der Waals surface area (Å²) in [7, 11) is 0. The van der Waals surface area contributed by atoms with Gasteiger partial charge in [0.2, 0.25) is 5.91 Å². The van der Waals surface area contributed by atoms with E-state index in [1.807, 2.05) is 6.07 Å². The molecule has 0 atom stereocenters. The number of carbonyl (C=O) groups excluding carboxylic acids is 1. The van der Waals surface area contributed by atoms with Gasteiger partial charge in [-0.25, -0.2) is 0 Å². The number of primary amides is 1. The van der Waals surface area contributed by atoms with E-state index in [-0.39, 0.29) is 17.9 Å². The molecule has 21 heavy (non-hydrogen) atoms. The summed E-state index contributed by atoms with van der Waals surface area (Å²) in [4.78, 5) is 11.2. The Morgan fingerprint density at radius 2 is 1.62 bits per heavy atom. The summed E-state index contributed by atoms with van der Waals surface area (Å²) >= 11 is 0. The Balaban J connectivity index is 2.33. The zero-order chi connectivity index (χ0) is 15.2. The molecule has 0 aliphatic rings. The number of aromatic hydroxyl groups is 2. The van der Waals surface area contributed by atoms with Crippen LogP contribution in [0.4, 0.5) is 0 Å².